The first-order valence-corrected chi connectivity index (χ1v) is 2.58. The average Bonchev–Trinajstić information content (AvgIpc) is 1.83. The SMILES string of the molecule is N/C=C(\N)CCCO. The predicted molar refractivity (Wildman–Crippen MR) is 32.8 cm³/mol. The Bertz CT molecular complexity index is 80.5. The Kier molecular flexibility index (Phi) is 4.07. The van der Waals surface area contributed by atoms with Gasteiger partial charge < -0.3 is 16.6 Å². The molecule has 0 saturated carbocycles. The van der Waals surface area contributed by atoms with Crippen molar-refractivity contribution in [2.75, 3.05) is 6.61 Å². The molecule has 0 fully saturated rings. The van der Waals surface area contributed by atoms with Gasteiger partial charge in [-0.1, -0.05) is 0 Å². The van der Waals surface area contributed by atoms with E-state index in [9.17, 15) is 0 Å². The summed E-state index contributed by atoms with van der Waals surface area (Å²) in [6.07, 6.45) is 2.74. The minimum absolute atomic E-state index is 0.175. The van der Waals surface area contributed by atoms with Gasteiger partial charge >= 0.3 is 0 Å². The van der Waals surface area contributed by atoms with Gasteiger partial charge in [0.25, 0.3) is 0 Å². The van der Waals surface area contributed by atoms with Crippen LogP contribution in [0.15, 0.2) is 11.9 Å². The highest BCUT2D eigenvalue weighted by Gasteiger charge is 1.85. The van der Waals surface area contributed by atoms with Crippen molar-refractivity contribution < 1.29 is 5.11 Å². The summed E-state index contributed by atoms with van der Waals surface area (Å²) in [4.78, 5) is 0. The van der Waals surface area contributed by atoms with Crippen molar-refractivity contribution in [1.82, 2.24) is 0 Å². The van der Waals surface area contributed by atoms with E-state index < -0.39 is 0 Å². The number of nitrogens with two attached hydrogens (primary N) is 2. The maximum atomic E-state index is 8.29. The number of hydrogen-bond donors (Lipinski definition) is 3. The second-order valence-corrected chi connectivity index (χ2v) is 1.57. The van der Waals surface area contributed by atoms with E-state index in [2.05, 4.69) is 0 Å². The fraction of sp³-hybridized carbons (Fsp3) is 0.600. The van der Waals surface area contributed by atoms with E-state index in [1.54, 1.807) is 0 Å². The van der Waals surface area contributed by atoms with Crippen molar-refractivity contribution in [1.29, 1.82) is 0 Å². The normalized spacial score (nSPS) is 11.9. The molecule has 0 unspecified atom stereocenters. The van der Waals surface area contributed by atoms with Gasteiger partial charge in [0.1, 0.15) is 0 Å². The first kappa shape index (κ1) is 7.30. The summed E-state index contributed by atoms with van der Waals surface area (Å²) < 4.78 is 0. The van der Waals surface area contributed by atoms with Gasteiger partial charge in [0, 0.05) is 18.5 Å². The highest BCUT2D eigenvalue weighted by molar-refractivity contribution is 4.91. The molecule has 0 aliphatic carbocycles. The molecular weight excluding hydrogens is 104 g/mol. The van der Waals surface area contributed by atoms with E-state index in [-0.39, 0.29) is 6.61 Å². The molecule has 3 nitrogen and oxygen atoms in total. The number of rotatable bonds is 3. The lowest BCUT2D eigenvalue weighted by Crippen LogP contribution is -2.01. The van der Waals surface area contributed by atoms with Gasteiger partial charge in [-0.15, -0.1) is 0 Å². The summed E-state index contributed by atoms with van der Waals surface area (Å²) >= 11 is 0. The fourth-order valence-corrected chi connectivity index (χ4v) is 0.367. The Hall–Kier alpha value is -0.700. The molecule has 0 saturated heterocycles. The van der Waals surface area contributed by atoms with E-state index >= 15 is 0 Å². The molecule has 0 aliphatic rings. The van der Waals surface area contributed by atoms with Crippen LogP contribution in [0.2, 0.25) is 0 Å². The van der Waals surface area contributed by atoms with Crippen molar-refractivity contribution in [3.63, 3.8) is 0 Å². The second kappa shape index (κ2) is 4.46. The van der Waals surface area contributed by atoms with Gasteiger partial charge in [-0.3, -0.25) is 0 Å². The Morgan fingerprint density at radius 3 is 2.62 bits per heavy atom. The van der Waals surface area contributed by atoms with E-state index in [0.29, 0.717) is 18.5 Å². The molecule has 8 heavy (non-hydrogen) atoms. The molecule has 0 aromatic rings. The Morgan fingerprint density at radius 1 is 1.62 bits per heavy atom. The third-order valence-electron chi connectivity index (χ3n) is 0.838. The van der Waals surface area contributed by atoms with Crippen molar-refractivity contribution >= 4 is 0 Å². The molecule has 0 atom stereocenters. The zero-order chi connectivity index (χ0) is 6.41. The van der Waals surface area contributed by atoms with E-state index in [1.165, 1.54) is 6.20 Å². The summed E-state index contributed by atoms with van der Waals surface area (Å²) in [7, 11) is 0. The Morgan fingerprint density at radius 2 is 2.25 bits per heavy atom. The minimum Gasteiger partial charge on any atom is -0.403 e. The summed E-state index contributed by atoms with van der Waals surface area (Å²) in [5.41, 5.74) is 11.0. The maximum absolute atomic E-state index is 8.29. The minimum atomic E-state index is 0.175. The van der Waals surface area contributed by atoms with E-state index in [4.69, 9.17) is 16.6 Å². The van der Waals surface area contributed by atoms with Crippen LogP contribution < -0.4 is 11.5 Å². The quantitative estimate of drug-likeness (QED) is 0.466. The first-order valence-electron chi connectivity index (χ1n) is 2.58. The molecule has 0 amide bonds. The van der Waals surface area contributed by atoms with Crippen molar-refractivity contribution in [3.05, 3.63) is 11.9 Å². The molecular formula is C5H12N2O. The molecule has 0 aromatic heterocycles. The van der Waals surface area contributed by atoms with Crippen LogP contribution in [0.4, 0.5) is 0 Å². The second-order valence-electron chi connectivity index (χ2n) is 1.57. The standard InChI is InChI=1S/C5H12N2O/c6-4-5(7)2-1-3-8/h4,8H,1-3,6-7H2/b5-4-. The highest BCUT2D eigenvalue weighted by atomic mass is 16.2. The average molecular weight is 116 g/mol. The van der Waals surface area contributed by atoms with Crippen LogP contribution in [0.25, 0.3) is 0 Å². The van der Waals surface area contributed by atoms with Crippen LogP contribution in [-0.2, 0) is 0 Å². The van der Waals surface area contributed by atoms with Gasteiger partial charge in [0.15, 0.2) is 0 Å². The lowest BCUT2D eigenvalue weighted by Gasteiger charge is -1.94. The summed E-state index contributed by atoms with van der Waals surface area (Å²) in [5, 5.41) is 8.29. The molecule has 0 aliphatic heterocycles. The molecule has 0 rings (SSSR count). The molecule has 0 bridgehead atoms. The van der Waals surface area contributed by atoms with Gasteiger partial charge in [-0.2, -0.15) is 0 Å². The van der Waals surface area contributed by atoms with Gasteiger partial charge in [-0.05, 0) is 12.8 Å². The number of allylic oxidation sites excluding steroid dienone is 1. The summed E-state index contributed by atoms with van der Waals surface area (Å²) in [5.74, 6) is 0. The highest BCUT2D eigenvalue weighted by Crippen LogP contribution is 1.92. The van der Waals surface area contributed by atoms with Crippen molar-refractivity contribution in [2.24, 2.45) is 11.5 Å². The largest absolute Gasteiger partial charge is 0.403 e. The first-order chi connectivity index (χ1) is 3.81. The number of aliphatic hydroxyl groups excluding tert-OH is 1. The summed E-state index contributed by atoms with van der Waals surface area (Å²) in [6, 6.07) is 0. The summed E-state index contributed by atoms with van der Waals surface area (Å²) in [6.45, 7) is 0.175. The molecule has 5 N–H and O–H groups in total. The lowest BCUT2D eigenvalue weighted by molar-refractivity contribution is 0.288. The molecule has 0 spiro atoms. The van der Waals surface area contributed by atoms with Crippen LogP contribution in [-0.4, -0.2) is 11.7 Å². The number of hydrogen-bond acceptors (Lipinski definition) is 3. The molecule has 0 aromatic carbocycles. The monoisotopic (exact) mass is 116 g/mol. The van der Waals surface area contributed by atoms with Gasteiger partial charge in [-0.25, -0.2) is 0 Å². The third kappa shape index (κ3) is 3.49. The van der Waals surface area contributed by atoms with Crippen molar-refractivity contribution in [2.45, 2.75) is 12.8 Å². The van der Waals surface area contributed by atoms with E-state index in [0.717, 1.165) is 0 Å². The maximum Gasteiger partial charge on any atom is 0.0434 e. The smallest absolute Gasteiger partial charge is 0.0434 e. The molecule has 48 valence electrons. The van der Waals surface area contributed by atoms with Gasteiger partial charge in [0.2, 0.25) is 0 Å². The van der Waals surface area contributed by atoms with Crippen LogP contribution in [0.1, 0.15) is 12.8 Å². The van der Waals surface area contributed by atoms with Crippen LogP contribution >= 0.6 is 0 Å². The van der Waals surface area contributed by atoms with Crippen LogP contribution in [0, 0.1) is 0 Å². The lowest BCUT2D eigenvalue weighted by atomic mass is 10.3. The third-order valence-corrected chi connectivity index (χ3v) is 0.838. The Labute approximate surface area is 49.0 Å². The predicted octanol–water partition coefficient (Wildman–Crippen LogP) is -0.482. The van der Waals surface area contributed by atoms with Crippen molar-refractivity contribution in [3.8, 4) is 0 Å². The zero-order valence-electron chi connectivity index (χ0n) is 4.80. The van der Waals surface area contributed by atoms with E-state index in [1.807, 2.05) is 0 Å². The number of aliphatic hydroxyl groups is 1. The molecule has 0 heterocycles. The molecule has 0 radical (unpaired) electrons. The molecule has 3 heteroatoms. The van der Waals surface area contributed by atoms with Crippen LogP contribution in [0.5, 0.6) is 0 Å². The zero-order valence-corrected chi connectivity index (χ0v) is 4.80. The van der Waals surface area contributed by atoms with Crippen LogP contribution in [0.3, 0.4) is 0 Å². The Balaban J connectivity index is 3.12. The topological polar surface area (TPSA) is 72.3 Å². The van der Waals surface area contributed by atoms with Gasteiger partial charge in [0.05, 0.1) is 0 Å². The fourth-order valence-electron chi connectivity index (χ4n) is 0.367.